The Bertz CT molecular complexity index is 777. The van der Waals surface area contributed by atoms with E-state index in [4.69, 9.17) is 21.1 Å². The molecule has 0 spiro atoms. The second-order valence-electron chi connectivity index (χ2n) is 5.16. The molecule has 2 N–H and O–H groups in total. The summed E-state index contributed by atoms with van der Waals surface area (Å²) < 4.78 is 12.4. The number of nitrogens with one attached hydrogen (secondary N) is 2. The number of carbonyl (C=O) groups is 2. The Labute approximate surface area is 172 Å². The molecule has 0 atom stereocenters. The molecule has 0 radical (unpaired) electrons. The molecule has 0 unspecified atom stereocenters. The summed E-state index contributed by atoms with van der Waals surface area (Å²) >= 11 is 12.5. The topological polar surface area (TPSA) is 76.7 Å². The molecule has 0 fully saturated rings. The van der Waals surface area contributed by atoms with Gasteiger partial charge < -0.3 is 9.47 Å². The largest absolute Gasteiger partial charge is 0.484 e. The first-order valence-corrected chi connectivity index (χ1v) is 9.36. The van der Waals surface area contributed by atoms with Crippen LogP contribution in [0.1, 0.15) is 5.56 Å². The lowest BCUT2D eigenvalue weighted by molar-refractivity contribution is -0.131. The van der Waals surface area contributed by atoms with Gasteiger partial charge in [-0.1, -0.05) is 27.5 Å². The number of hydrogen-bond acceptors (Lipinski definition) is 4. The van der Waals surface area contributed by atoms with E-state index in [1.807, 2.05) is 19.1 Å². The average Bonchev–Trinajstić information content (AvgIpc) is 2.58. The molecule has 0 saturated heterocycles. The van der Waals surface area contributed by atoms with Crippen LogP contribution in [-0.2, 0) is 9.59 Å². The van der Waals surface area contributed by atoms with Crippen LogP contribution in [0.15, 0.2) is 45.3 Å². The Balaban J connectivity index is 1.73. The minimum atomic E-state index is -0.505. The molecule has 0 aliphatic rings. The normalized spacial score (nSPS) is 10.2. The molecular weight excluding hydrogens is 491 g/mol. The van der Waals surface area contributed by atoms with E-state index >= 15 is 0 Å². The zero-order valence-electron chi connectivity index (χ0n) is 13.6. The number of halogens is 3. The van der Waals surface area contributed by atoms with Crippen molar-refractivity contribution in [3.05, 3.63) is 55.9 Å². The molecule has 0 aromatic heterocycles. The molecule has 2 aromatic rings. The molecule has 9 heteroatoms. The van der Waals surface area contributed by atoms with Crippen molar-refractivity contribution in [2.24, 2.45) is 0 Å². The Kier molecular flexibility index (Phi) is 7.74. The first kappa shape index (κ1) is 20.5. The Morgan fingerprint density at radius 1 is 1.00 bits per heavy atom. The third kappa shape index (κ3) is 6.51. The molecule has 2 rings (SSSR count). The summed E-state index contributed by atoms with van der Waals surface area (Å²) in [4.78, 5) is 23.5. The highest BCUT2D eigenvalue weighted by molar-refractivity contribution is 9.11. The van der Waals surface area contributed by atoms with Gasteiger partial charge in [0.15, 0.2) is 13.2 Å². The molecule has 2 aromatic carbocycles. The summed E-state index contributed by atoms with van der Waals surface area (Å²) in [6.45, 7) is 1.36. The van der Waals surface area contributed by atoms with Crippen LogP contribution in [0.2, 0.25) is 5.02 Å². The molecule has 6 nitrogen and oxygen atoms in total. The van der Waals surface area contributed by atoms with E-state index in [1.54, 1.807) is 24.3 Å². The minimum Gasteiger partial charge on any atom is -0.484 e. The molecule has 138 valence electrons. The minimum absolute atomic E-state index is 0.250. The number of benzene rings is 2. The fourth-order valence-electron chi connectivity index (χ4n) is 1.90. The second kappa shape index (κ2) is 9.80. The van der Waals surface area contributed by atoms with Crippen molar-refractivity contribution >= 4 is 55.3 Å². The van der Waals surface area contributed by atoms with Gasteiger partial charge in [0, 0.05) is 9.50 Å². The highest BCUT2D eigenvalue weighted by atomic mass is 79.9. The van der Waals surface area contributed by atoms with Gasteiger partial charge in [-0.3, -0.25) is 20.4 Å². The van der Waals surface area contributed by atoms with E-state index in [2.05, 4.69) is 42.7 Å². The summed E-state index contributed by atoms with van der Waals surface area (Å²) in [5.41, 5.74) is 5.37. The number of aryl methyl sites for hydroxylation is 1. The summed E-state index contributed by atoms with van der Waals surface area (Å²) in [6, 6.07) is 10.3. The average molecular weight is 507 g/mol. The van der Waals surface area contributed by atoms with E-state index in [9.17, 15) is 9.59 Å². The van der Waals surface area contributed by atoms with Gasteiger partial charge in [0.25, 0.3) is 11.8 Å². The third-order valence-corrected chi connectivity index (χ3v) is 4.37. The van der Waals surface area contributed by atoms with Crippen molar-refractivity contribution in [3.63, 3.8) is 0 Å². The standard InChI is InChI=1S/C17H15Br2ClN2O4/c1-10-6-11(18)7-14(19)17(10)26-9-16(24)22-21-15(23)8-25-13-4-2-12(20)3-5-13/h2-7H,8-9H2,1H3,(H,21,23)(H,22,24). The maximum absolute atomic E-state index is 11.8. The summed E-state index contributed by atoms with van der Waals surface area (Å²) in [7, 11) is 0. The Morgan fingerprint density at radius 3 is 2.15 bits per heavy atom. The van der Waals surface area contributed by atoms with Crippen molar-refractivity contribution < 1.29 is 19.1 Å². The fraction of sp³-hybridized carbons (Fsp3) is 0.176. The molecule has 0 aliphatic heterocycles. The van der Waals surface area contributed by atoms with Gasteiger partial charge >= 0.3 is 0 Å². The van der Waals surface area contributed by atoms with Crippen molar-refractivity contribution in [1.82, 2.24) is 10.9 Å². The number of rotatable bonds is 6. The fourth-order valence-corrected chi connectivity index (χ4v) is 3.58. The van der Waals surface area contributed by atoms with Crippen LogP contribution in [0, 0.1) is 6.92 Å². The maximum atomic E-state index is 11.8. The lowest BCUT2D eigenvalue weighted by atomic mass is 10.2. The first-order valence-electron chi connectivity index (χ1n) is 7.39. The summed E-state index contributed by atoms with van der Waals surface area (Å²) in [5.74, 6) is 0.0453. The number of hydrazine groups is 1. The number of ether oxygens (including phenoxy) is 2. The quantitative estimate of drug-likeness (QED) is 0.585. The van der Waals surface area contributed by atoms with Crippen LogP contribution in [0.4, 0.5) is 0 Å². The number of carbonyl (C=O) groups excluding carboxylic acids is 2. The van der Waals surface area contributed by atoms with Gasteiger partial charge in [-0.05, 0) is 64.8 Å². The van der Waals surface area contributed by atoms with Gasteiger partial charge in [-0.25, -0.2) is 0 Å². The van der Waals surface area contributed by atoms with Crippen LogP contribution < -0.4 is 20.3 Å². The maximum Gasteiger partial charge on any atom is 0.276 e. The van der Waals surface area contributed by atoms with E-state index in [0.717, 1.165) is 14.5 Å². The summed E-state index contributed by atoms with van der Waals surface area (Å²) in [6.07, 6.45) is 0. The van der Waals surface area contributed by atoms with Crippen molar-refractivity contribution in [3.8, 4) is 11.5 Å². The zero-order chi connectivity index (χ0) is 19.1. The molecule has 0 aliphatic carbocycles. The monoisotopic (exact) mass is 504 g/mol. The third-order valence-electron chi connectivity index (χ3n) is 3.07. The highest BCUT2D eigenvalue weighted by Crippen LogP contribution is 2.32. The molecule has 0 bridgehead atoms. The van der Waals surface area contributed by atoms with Crippen LogP contribution in [0.25, 0.3) is 0 Å². The summed E-state index contributed by atoms with van der Waals surface area (Å²) in [5, 5.41) is 0.571. The smallest absolute Gasteiger partial charge is 0.276 e. The van der Waals surface area contributed by atoms with Gasteiger partial charge in [0.2, 0.25) is 0 Å². The van der Waals surface area contributed by atoms with Crippen molar-refractivity contribution in [2.45, 2.75) is 6.92 Å². The molecule has 0 heterocycles. The lowest BCUT2D eigenvalue weighted by Gasteiger charge is -2.12. The van der Waals surface area contributed by atoms with Gasteiger partial charge in [-0.15, -0.1) is 0 Å². The van der Waals surface area contributed by atoms with Crippen molar-refractivity contribution in [2.75, 3.05) is 13.2 Å². The molecule has 2 amide bonds. The van der Waals surface area contributed by atoms with Crippen molar-refractivity contribution in [1.29, 1.82) is 0 Å². The molecule has 0 saturated carbocycles. The van der Waals surface area contributed by atoms with Gasteiger partial charge in [0.1, 0.15) is 11.5 Å². The lowest BCUT2D eigenvalue weighted by Crippen LogP contribution is -2.45. The Hall–Kier alpha value is -1.77. The van der Waals surface area contributed by atoms with Crippen LogP contribution in [-0.4, -0.2) is 25.0 Å². The van der Waals surface area contributed by atoms with E-state index < -0.39 is 11.8 Å². The number of hydrogen-bond donors (Lipinski definition) is 2. The second-order valence-corrected chi connectivity index (χ2v) is 7.37. The van der Waals surface area contributed by atoms with Gasteiger partial charge in [0.05, 0.1) is 4.47 Å². The van der Waals surface area contributed by atoms with E-state index in [1.165, 1.54) is 0 Å². The van der Waals surface area contributed by atoms with Crippen LogP contribution in [0.3, 0.4) is 0 Å². The predicted molar refractivity (Wildman–Crippen MR) is 105 cm³/mol. The van der Waals surface area contributed by atoms with Gasteiger partial charge in [-0.2, -0.15) is 0 Å². The number of amides is 2. The highest BCUT2D eigenvalue weighted by Gasteiger charge is 2.10. The molecule has 26 heavy (non-hydrogen) atoms. The molecular formula is C17H15Br2ClN2O4. The zero-order valence-corrected chi connectivity index (χ0v) is 17.6. The Morgan fingerprint density at radius 2 is 1.58 bits per heavy atom. The first-order chi connectivity index (χ1) is 12.3. The SMILES string of the molecule is Cc1cc(Br)cc(Br)c1OCC(=O)NNC(=O)COc1ccc(Cl)cc1. The van der Waals surface area contributed by atoms with E-state index in [0.29, 0.717) is 16.5 Å². The van der Waals surface area contributed by atoms with E-state index in [-0.39, 0.29) is 13.2 Å². The van der Waals surface area contributed by atoms with Crippen LogP contribution in [0.5, 0.6) is 11.5 Å². The predicted octanol–water partition coefficient (Wildman–Crippen LogP) is 3.78. The van der Waals surface area contributed by atoms with Crippen LogP contribution >= 0.6 is 43.5 Å².